The molecule has 1 aromatic heterocycles. The van der Waals surface area contributed by atoms with Gasteiger partial charge in [0.2, 0.25) is 5.89 Å². The second-order valence-corrected chi connectivity index (χ2v) is 8.06. The maximum Gasteiger partial charge on any atom is 0.226 e. The van der Waals surface area contributed by atoms with E-state index in [0.717, 1.165) is 17.1 Å². The smallest absolute Gasteiger partial charge is 0.226 e. The Labute approximate surface area is 182 Å². The number of oxazole rings is 1. The lowest BCUT2D eigenvalue weighted by Gasteiger charge is -2.09. The first kappa shape index (κ1) is 20.0. The van der Waals surface area contributed by atoms with Crippen LogP contribution in [0.4, 0.5) is 0 Å². The zero-order chi connectivity index (χ0) is 21.3. The highest BCUT2D eigenvalue weighted by Gasteiger charge is 2.13. The number of hydrogen-bond acceptors (Lipinski definition) is 5. The van der Waals surface area contributed by atoms with Crippen molar-refractivity contribution in [2.45, 2.75) is 19.8 Å². The normalized spacial score (nSPS) is 11.1. The Kier molecular flexibility index (Phi) is 5.50. The van der Waals surface area contributed by atoms with E-state index in [1.165, 1.54) is 11.6 Å². The minimum absolute atomic E-state index is 0.222. The van der Waals surface area contributed by atoms with E-state index in [0.29, 0.717) is 27.6 Å². The summed E-state index contributed by atoms with van der Waals surface area (Å²) in [5.41, 5.74) is 2.67. The molecular weight excluding hydrogens is 446 g/mol. The van der Waals surface area contributed by atoms with Gasteiger partial charge in [-0.25, -0.2) is 4.98 Å². The lowest BCUT2D eigenvalue weighted by molar-refractivity contribution is 0.401. The monoisotopic (exact) mass is 465 g/mol. The number of benzene rings is 3. The fraction of sp³-hybridized carbons (Fsp3) is 0.125. The highest BCUT2D eigenvalue weighted by molar-refractivity contribution is 9.10. The van der Waals surface area contributed by atoms with Crippen LogP contribution in [0.1, 0.15) is 25.3 Å². The number of phenolic OH excluding ortho intramolecular Hbond substituents is 2. The van der Waals surface area contributed by atoms with Crippen LogP contribution in [0.2, 0.25) is 0 Å². The third-order valence-electron chi connectivity index (χ3n) is 4.72. The molecule has 0 spiro atoms. The third kappa shape index (κ3) is 4.19. The molecular formula is C24H20BrNO4. The molecule has 0 saturated carbocycles. The van der Waals surface area contributed by atoms with E-state index in [2.05, 4.69) is 46.9 Å². The average Bonchev–Trinajstić information content (AvgIpc) is 3.23. The first-order valence-electron chi connectivity index (χ1n) is 9.46. The molecule has 5 nitrogen and oxygen atoms in total. The minimum atomic E-state index is -0.248. The van der Waals surface area contributed by atoms with E-state index < -0.39 is 0 Å². The molecule has 4 rings (SSSR count). The van der Waals surface area contributed by atoms with E-state index in [1.807, 2.05) is 36.4 Å². The fourth-order valence-electron chi connectivity index (χ4n) is 2.99. The van der Waals surface area contributed by atoms with Gasteiger partial charge in [0, 0.05) is 11.1 Å². The summed E-state index contributed by atoms with van der Waals surface area (Å²) in [6.07, 6.45) is 1.62. The molecule has 0 saturated heterocycles. The van der Waals surface area contributed by atoms with E-state index in [9.17, 15) is 10.2 Å². The average molecular weight is 466 g/mol. The van der Waals surface area contributed by atoms with Crippen molar-refractivity contribution < 1.29 is 19.4 Å². The van der Waals surface area contributed by atoms with Crippen LogP contribution >= 0.6 is 15.9 Å². The summed E-state index contributed by atoms with van der Waals surface area (Å²) in [5.74, 6) is 2.45. The summed E-state index contributed by atoms with van der Waals surface area (Å²) in [4.78, 5) is 4.28. The molecule has 152 valence electrons. The predicted octanol–water partition coefficient (Wildman–Crippen LogP) is 7.10. The second-order valence-electron chi connectivity index (χ2n) is 7.21. The molecule has 0 aliphatic rings. The van der Waals surface area contributed by atoms with Crippen molar-refractivity contribution in [3.05, 3.63) is 76.9 Å². The van der Waals surface area contributed by atoms with E-state index >= 15 is 0 Å². The van der Waals surface area contributed by atoms with Crippen LogP contribution in [0.3, 0.4) is 0 Å². The largest absolute Gasteiger partial charge is 0.504 e. The van der Waals surface area contributed by atoms with E-state index in [4.69, 9.17) is 9.15 Å². The van der Waals surface area contributed by atoms with Crippen LogP contribution < -0.4 is 4.74 Å². The summed E-state index contributed by atoms with van der Waals surface area (Å²) in [7, 11) is 0. The summed E-state index contributed by atoms with van der Waals surface area (Å²) in [6, 6.07) is 18.7. The van der Waals surface area contributed by atoms with Crippen molar-refractivity contribution in [1.29, 1.82) is 0 Å². The SMILES string of the molecule is CC(C)c1ccc(Oc2ccc(-c3cnc(-c4cc(O)c(O)c(Br)c4)o3)cc2)cc1. The minimum Gasteiger partial charge on any atom is -0.504 e. The molecule has 0 amide bonds. The Morgan fingerprint density at radius 1 is 0.900 bits per heavy atom. The second kappa shape index (κ2) is 8.24. The van der Waals surface area contributed by atoms with Crippen LogP contribution in [0, 0.1) is 0 Å². The molecule has 0 fully saturated rings. The molecule has 2 N–H and O–H groups in total. The van der Waals surface area contributed by atoms with Gasteiger partial charge in [0.1, 0.15) is 11.5 Å². The lowest BCUT2D eigenvalue weighted by atomic mass is 10.0. The van der Waals surface area contributed by atoms with Gasteiger partial charge in [-0.1, -0.05) is 26.0 Å². The van der Waals surface area contributed by atoms with Gasteiger partial charge in [-0.15, -0.1) is 0 Å². The number of ether oxygens (including phenoxy) is 1. The molecule has 0 atom stereocenters. The maximum atomic E-state index is 9.80. The molecule has 0 unspecified atom stereocenters. The summed E-state index contributed by atoms with van der Waals surface area (Å²) in [5, 5.41) is 19.5. The van der Waals surface area contributed by atoms with Crippen LogP contribution in [0.5, 0.6) is 23.0 Å². The molecule has 0 aliphatic heterocycles. The van der Waals surface area contributed by atoms with Crippen LogP contribution in [-0.2, 0) is 0 Å². The standard InChI is InChI=1S/C24H20BrNO4/c1-14(2)15-3-7-18(8-4-15)29-19-9-5-16(6-10-19)22-13-26-24(30-22)17-11-20(25)23(28)21(27)12-17/h3-14,27-28H,1-2H3. The number of halogens is 1. The van der Waals surface area contributed by atoms with Gasteiger partial charge in [0.15, 0.2) is 17.3 Å². The Hall–Kier alpha value is -3.25. The molecule has 0 radical (unpaired) electrons. The lowest BCUT2D eigenvalue weighted by Crippen LogP contribution is -1.88. The quantitative estimate of drug-likeness (QED) is 0.307. The number of rotatable bonds is 5. The fourth-order valence-corrected chi connectivity index (χ4v) is 3.44. The van der Waals surface area contributed by atoms with Gasteiger partial charge in [-0.05, 0) is 75.9 Å². The summed E-state index contributed by atoms with van der Waals surface area (Å²) < 4.78 is 12.1. The molecule has 6 heteroatoms. The van der Waals surface area contributed by atoms with E-state index in [-0.39, 0.29) is 11.5 Å². The predicted molar refractivity (Wildman–Crippen MR) is 119 cm³/mol. The van der Waals surface area contributed by atoms with Gasteiger partial charge < -0.3 is 19.4 Å². The molecule has 0 aliphatic carbocycles. The van der Waals surface area contributed by atoms with E-state index in [1.54, 1.807) is 12.3 Å². The first-order chi connectivity index (χ1) is 14.4. The van der Waals surface area contributed by atoms with Crippen molar-refractivity contribution >= 4 is 15.9 Å². The number of phenols is 2. The Bertz CT molecular complexity index is 1140. The van der Waals surface area contributed by atoms with Crippen molar-refractivity contribution in [2.24, 2.45) is 0 Å². The number of hydrogen-bond donors (Lipinski definition) is 2. The molecule has 4 aromatic rings. The number of aromatic nitrogens is 1. The van der Waals surface area contributed by atoms with Crippen LogP contribution in [0.25, 0.3) is 22.8 Å². The molecule has 3 aromatic carbocycles. The zero-order valence-electron chi connectivity index (χ0n) is 16.5. The highest BCUT2D eigenvalue weighted by atomic mass is 79.9. The summed E-state index contributed by atoms with van der Waals surface area (Å²) >= 11 is 3.20. The molecule has 30 heavy (non-hydrogen) atoms. The Morgan fingerprint density at radius 2 is 1.53 bits per heavy atom. The number of aromatic hydroxyl groups is 2. The zero-order valence-corrected chi connectivity index (χ0v) is 18.1. The van der Waals surface area contributed by atoms with Crippen LogP contribution in [0.15, 0.2) is 75.8 Å². The van der Waals surface area contributed by atoms with Gasteiger partial charge in [0.25, 0.3) is 0 Å². The molecule has 1 heterocycles. The third-order valence-corrected chi connectivity index (χ3v) is 5.32. The van der Waals surface area contributed by atoms with Crippen molar-refractivity contribution in [2.75, 3.05) is 0 Å². The topological polar surface area (TPSA) is 75.7 Å². The van der Waals surface area contributed by atoms with Gasteiger partial charge in [-0.2, -0.15) is 0 Å². The highest BCUT2D eigenvalue weighted by Crippen LogP contribution is 2.38. The number of nitrogens with zero attached hydrogens (tertiary/aromatic N) is 1. The molecule has 0 bridgehead atoms. The summed E-state index contributed by atoms with van der Waals surface area (Å²) in [6.45, 7) is 4.32. The van der Waals surface area contributed by atoms with Crippen molar-refractivity contribution in [3.8, 4) is 45.8 Å². The van der Waals surface area contributed by atoms with Gasteiger partial charge in [-0.3, -0.25) is 0 Å². The van der Waals surface area contributed by atoms with Crippen LogP contribution in [-0.4, -0.2) is 15.2 Å². The van der Waals surface area contributed by atoms with Gasteiger partial charge >= 0.3 is 0 Å². The Morgan fingerprint density at radius 3 is 2.13 bits per heavy atom. The van der Waals surface area contributed by atoms with Gasteiger partial charge in [0.05, 0.1) is 10.7 Å². The maximum absolute atomic E-state index is 9.80. The van der Waals surface area contributed by atoms with Crippen molar-refractivity contribution in [1.82, 2.24) is 4.98 Å². The first-order valence-corrected chi connectivity index (χ1v) is 10.3. The Balaban J connectivity index is 1.51. The van der Waals surface area contributed by atoms with Crippen molar-refractivity contribution in [3.63, 3.8) is 0 Å².